The largest absolute Gasteiger partial charge is 0.413 e. The van der Waals surface area contributed by atoms with E-state index in [1.807, 2.05) is 30.3 Å². The smallest absolute Gasteiger partial charge is 0.302 e. The second-order valence-corrected chi connectivity index (χ2v) is 2.49. The summed E-state index contributed by atoms with van der Waals surface area (Å²) >= 11 is 0. The molecule has 1 rings (SSSR count). The summed E-state index contributed by atoms with van der Waals surface area (Å²) in [7, 11) is 1.72. The van der Waals surface area contributed by atoms with E-state index in [1.165, 1.54) is 5.32 Å². The number of nitrogens with one attached hydrogen (secondary N) is 1. The lowest BCUT2D eigenvalue weighted by Gasteiger charge is -2.00. The van der Waals surface area contributed by atoms with Crippen molar-refractivity contribution in [1.82, 2.24) is 5.32 Å². The first-order valence-electron chi connectivity index (χ1n) is 3.94. The monoisotopic (exact) mass is 165 g/mol. The summed E-state index contributed by atoms with van der Waals surface area (Å²) in [6, 6.07) is 9.80. The minimum absolute atomic E-state index is 0.0288. The molecule has 1 aromatic rings. The van der Waals surface area contributed by atoms with Gasteiger partial charge in [0.1, 0.15) is 0 Å². The van der Waals surface area contributed by atoms with E-state index in [-0.39, 0.29) is 6.03 Å². The van der Waals surface area contributed by atoms with Crippen molar-refractivity contribution in [3.8, 4) is 0 Å². The number of benzene rings is 1. The Labute approximate surface area is 71.8 Å². The van der Waals surface area contributed by atoms with Gasteiger partial charge in [0.05, 0.1) is 7.05 Å². The molecule has 0 aliphatic carbocycles. The van der Waals surface area contributed by atoms with Crippen LogP contribution >= 0.6 is 0 Å². The third kappa shape index (κ3) is 2.72. The molecule has 64 valence electrons. The quantitative estimate of drug-likeness (QED) is 0.641. The number of quaternary nitrogens is 1. The van der Waals surface area contributed by atoms with Gasteiger partial charge in [-0.25, -0.2) is 4.79 Å². The Bertz CT molecular complexity index is 246. The molecule has 0 unspecified atom stereocenters. The summed E-state index contributed by atoms with van der Waals surface area (Å²) in [5.41, 5.74) is 1.12. The zero-order valence-corrected chi connectivity index (χ0v) is 7.08. The van der Waals surface area contributed by atoms with Crippen molar-refractivity contribution in [2.45, 2.75) is 6.54 Å². The van der Waals surface area contributed by atoms with Crippen molar-refractivity contribution < 1.29 is 10.1 Å². The van der Waals surface area contributed by atoms with Crippen LogP contribution in [0.3, 0.4) is 0 Å². The van der Waals surface area contributed by atoms with Crippen molar-refractivity contribution in [2.24, 2.45) is 0 Å². The number of hydrogen-bond acceptors (Lipinski definition) is 1. The number of urea groups is 1. The molecule has 2 amide bonds. The van der Waals surface area contributed by atoms with E-state index >= 15 is 0 Å². The molecule has 0 radical (unpaired) electrons. The Morgan fingerprint density at radius 3 is 2.67 bits per heavy atom. The normalized spacial score (nSPS) is 9.42. The number of nitrogens with two attached hydrogens (primary N) is 1. The molecule has 0 aromatic heterocycles. The van der Waals surface area contributed by atoms with Crippen LogP contribution in [0.15, 0.2) is 30.3 Å². The molecule has 0 atom stereocenters. The molecule has 0 aliphatic heterocycles. The molecule has 3 heteroatoms. The predicted octanol–water partition coefficient (Wildman–Crippen LogP) is 0.0894. The van der Waals surface area contributed by atoms with Gasteiger partial charge in [0, 0.05) is 6.54 Å². The first-order valence-corrected chi connectivity index (χ1v) is 3.94. The summed E-state index contributed by atoms with van der Waals surface area (Å²) in [4.78, 5) is 10.8. The lowest BCUT2D eigenvalue weighted by Crippen LogP contribution is -2.86. The summed E-state index contributed by atoms with van der Waals surface area (Å²) < 4.78 is 0. The van der Waals surface area contributed by atoms with Crippen LogP contribution in [0, 0.1) is 0 Å². The van der Waals surface area contributed by atoms with Gasteiger partial charge in [-0.2, -0.15) is 0 Å². The van der Waals surface area contributed by atoms with Crippen LogP contribution < -0.4 is 10.6 Å². The van der Waals surface area contributed by atoms with Crippen LogP contribution in [0.1, 0.15) is 5.56 Å². The van der Waals surface area contributed by atoms with Gasteiger partial charge in [0.25, 0.3) is 0 Å². The predicted molar refractivity (Wildman–Crippen MR) is 46.5 cm³/mol. The number of amides is 2. The minimum Gasteiger partial charge on any atom is -0.302 e. The molecule has 0 spiro atoms. The van der Waals surface area contributed by atoms with Gasteiger partial charge >= 0.3 is 6.03 Å². The van der Waals surface area contributed by atoms with Gasteiger partial charge in [0.15, 0.2) is 0 Å². The number of rotatable bonds is 2. The van der Waals surface area contributed by atoms with Crippen molar-refractivity contribution in [3.63, 3.8) is 0 Å². The SMILES string of the molecule is C[NH2+]C(=O)NCc1ccccc1. The van der Waals surface area contributed by atoms with E-state index in [1.54, 1.807) is 7.05 Å². The molecule has 3 nitrogen and oxygen atoms in total. The van der Waals surface area contributed by atoms with Gasteiger partial charge in [-0.1, -0.05) is 30.3 Å². The van der Waals surface area contributed by atoms with Crippen molar-refractivity contribution >= 4 is 6.03 Å². The molecule has 1 aromatic carbocycles. The zero-order valence-electron chi connectivity index (χ0n) is 7.08. The fourth-order valence-corrected chi connectivity index (χ4v) is 0.887. The maximum atomic E-state index is 10.8. The van der Waals surface area contributed by atoms with E-state index < -0.39 is 0 Å². The van der Waals surface area contributed by atoms with E-state index in [4.69, 9.17) is 0 Å². The second kappa shape index (κ2) is 4.51. The summed E-state index contributed by atoms with van der Waals surface area (Å²) in [6.45, 7) is 0.601. The molecule has 0 saturated heterocycles. The first kappa shape index (κ1) is 8.74. The number of carbonyl (C=O) groups excluding carboxylic acids is 1. The van der Waals surface area contributed by atoms with Gasteiger partial charge in [0.2, 0.25) is 0 Å². The maximum Gasteiger partial charge on any atom is 0.413 e. The third-order valence-electron chi connectivity index (χ3n) is 1.57. The van der Waals surface area contributed by atoms with Crippen molar-refractivity contribution in [1.29, 1.82) is 0 Å². The number of primary amides is 1. The van der Waals surface area contributed by atoms with Crippen molar-refractivity contribution in [3.05, 3.63) is 35.9 Å². The average Bonchev–Trinajstić information content (AvgIpc) is 2.16. The second-order valence-electron chi connectivity index (χ2n) is 2.49. The third-order valence-corrected chi connectivity index (χ3v) is 1.57. The highest BCUT2D eigenvalue weighted by Crippen LogP contribution is 1.96. The molecule has 0 fully saturated rings. The number of carbonyl (C=O) groups is 1. The highest BCUT2D eigenvalue weighted by atomic mass is 16.2. The Morgan fingerprint density at radius 1 is 1.42 bits per heavy atom. The van der Waals surface area contributed by atoms with E-state index in [2.05, 4.69) is 5.32 Å². The highest BCUT2D eigenvalue weighted by molar-refractivity contribution is 5.62. The average molecular weight is 165 g/mol. The number of hydrogen-bond donors (Lipinski definition) is 2. The van der Waals surface area contributed by atoms with Crippen LogP contribution in [-0.4, -0.2) is 13.1 Å². The van der Waals surface area contributed by atoms with Gasteiger partial charge in [-0.15, -0.1) is 0 Å². The van der Waals surface area contributed by atoms with Crippen LogP contribution in [0.2, 0.25) is 0 Å². The van der Waals surface area contributed by atoms with Crippen LogP contribution in [0.25, 0.3) is 0 Å². The summed E-state index contributed by atoms with van der Waals surface area (Å²) in [6.07, 6.45) is 0. The molecule has 0 heterocycles. The van der Waals surface area contributed by atoms with E-state index in [9.17, 15) is 4.79 Å². The lowest BCUT2D eigenvalue weighted by atomic mass is 10.2. The van der Waals surface area contributed by atoms with Crippen LogP contribution in [0.5, 0.6) is 0 Å². The van der Waals surface area contributed by atoms with E-state index in [0.29, 0.717) is 6.54 Å². The lowest BCUT2D eigenvalue weighted by molar-refractivity contribution is -0.524. The van der Waals surface area contributed by atoms with Gasteiger partial charge < -0.3 is 5.32 Å². The Balaban J connectivity index is 2.38. The Morgan fingerprint density at radius 2 is 2.08 bits per heavy atom. The summed E-state index contributed by atoms with van der Waals surface area (Å²) in [5.74, 6) is 0. The van der Waals surface area contributed by atoms with Crippen LogP contribution in [0.4, 0.5) is 4.79 Å². The van der Waals surface area contributed by atoms with Gasteiger partial charge in [-0.3, -0.25) is 5.32 Å². The summed E-state index contributed by atoms with van der Waals surface area (Å²) in [5, 5.41) is 4.27. The Kier molecular flexibility index (Phi) is 3.29. The Hall–Kier alpha value is -1.35. The van der Waals surface area contributed by atoms with Crippen molar-refractivity contribution in [2.75, 3.05) is 7.05 Å². The molecule has 3 N–H and O–H groups in total. The van der Waals surface area contributed by atoms with Crippen LogP contribution in [-0.2, 0) is 6.54 Å². The molecule has 0 aliphatic rings. The molecule has 12 heavy (non-hydrogen) atoms. The fraction of sp³-hybridized carbons (Fsp3) is 0.222. The minimum atomic E-state index is -0.0288. The molecule has 0 saturated carbocycles. The topological polar surface area (TPSA) is 45.7 Å². The first-order chi connectivity index (χ1) is 5.83. The zero-order chi connectivity index (χ0) is 8.81. The fourth-order valence-electron chi connectivity index (χ4n) is 0.887. The maximum absolute atomic E-state index is 10.8. The highest BCUT2D eigenvalue weighted by Gasteiger charge is 1.98. The van der Waals surface area contributed by atoms with E-state index in [0.717, 1.165) is 5.56 Å². The molecular formula is C9H13N2O+. The molecular weight excluding hydrogens is 152 g/mol. The molecule has 0 bridgehead atoms. The standard InChI is InChI=1S/C9H12N2O/c1-10-9(12)11-7-8-5-3-2-4-6-8/h2-6H,7H2,1H3,(H2,10,11,12)/p+1. The van der Waals surface area contributed by atoms with Gasteiger partial charge in [-0.05, 0) is 5.56 Å².